The van der Waals surface area contributed by atoms with Crippen LogP contribution in [0.3, 0.4) is 0 Å². The number of aromatic nitrogens is 2. The Morgan fingerprint density at radius 3 is 3.00 bits per heavy atom. The summed E-state index contributed by atoms with van der Waals surface area (Å²) in [7, 11) is 2.18. The summed E-state index contributed by atoms with van der Waals surface area (Å²) in [6.45, 7) is 1.19. The highest BCUT2D eigenvalue weighted by atomic mass is 15.2. The molecule has 1 aliphatic heterocycles. The van der Waals surface area contributed by atoms with Gasteiger partial charge in [0.15, 0.2) is 11.0 Å². The predicted molar refractivity (Wildman–Crippen MR) is 56.1 cm³/mol. The second-order valence-electron chi connectivity index (χ2n) is 4.07. The van der Waals surface area contributed by atoms with E-state index < -0.39 is 0 Å². The lowest BCUT2D eigenvalue weighted by molar-refractivity contribution is -0.654. The highest BCUT2D eigenvalue weighted by molar-refractivity contribution is 5.72. The van der Waals surface area contributed by atoms with Crippen LogP contribution in [0.25, 0.3) is 11.0 Å². The van der Waals surface area contributed by atoms with Gasteiger partial charge in [-0.15, -0.1) is 0 Å². The molecular formula is C12H15N2+. The Bertz CT molecular complexity index is 482. The molecule has 72 valence electrons. The maximum atomic E-state index is 2.47. The molecule has 2 aromatic rings. The number of hydrogen-bond acceptors (Lipinski definition) is 0. The van der Waals surface area contributed by atoms with E-state index in [-0.39, 0.29) is 0 Å². The molecule has 2 nitrogen and oxygen atoms in total. The molecule has 0 spiro atoms. The van der Waals surface area contributed by atoms with Gasteiger partial charge >= 0.3 is 0 Å². The highest BCUT2D eigenvalue weighted by Crippen LogP contribution is 2.19. The number of rotatable bonds is 0. The van der Waals surface area contributed by atoms with Crippen molar-refractivity contribution < 1.29 is 4.57 Å². The van der Waals surface area contributed by atoms with Crippen molar-refractivity contribution >= 4 is 11.0 Å². The molecule has 0 saturated carbocycles. The van der Waals surface area contributed by atoms with Gasteiger partial charge in [-0.25, -0.2) is 9.13 Å². The van der Waals surface area contributed by atoms with E-state index in [0.29, 0.717) is 0 Å². The maximum Gasteiger partial charge on any atom is 0.257 e. The molecule has 0 unspecified atom stereocenters. The Morgan fingerprint density at radius 1 is 1.21 bits per heavy atom. The predicted octanol–water partition coefficient (Wildman–Crippen LogP) is 1.80. The molecular weight excluding hydrogens is 172 g/mol. The molecule has 1 aromatic carbocycles. The van der Waals surface area contributed by atoms with Gasteiger partial charge in [-0.1, -0.05) is 12.1 Å². The van der Waals surface area contributed by atoms with Crippen LogP contribution in [0.15, 0.2) is 24.3 Å². The zero-order valence-corrected chi connectivity index (χ0v) is 8.53. The van der Waals surface area contributed by atoms with Crippen LogP contribution in [0.2, 0.25) is 0 Å². The normalized spacial score (nSPS) is 15.8. The fourth-order valence-electron chi connectivity index (χ4n) is 2.54. The van der Waals surface area contributed by atoms with Gasteiger partial charge in [-0.2, -0.15) is 0 Å². The monoisotopic (exact) mass is 187 g/mol. The first-order valence-corrected chi connectivity index (χ1v) is 5.34. The zero-order valence-electron chi connectivity index (χ0n) is 8.53. The van der Waals surface area contributed by atoms with E-state index in [0.717, 1.165) is 0 Å². The zero-order chi connectivity index (χ0) is 9.54. The number of para-hydroxylation sites is 2. The van der Waals surface area contributed by atoms with Gasteiger partial charge in [0, 0.05) is 6.42 Å². The van der Waals surface area contributed by atoms with Crippen molar-refractivity contribution in [3.8, 4) is 0 Å². The quantitative estimate of drug-likeness (QED) is 0.556. The first-order valence-electron chi connectivity index (χ1n) is 5.34. The van der Waals surface area contributed by atoms with Crippen LogP contribution in [0.5, 0.6) is 0 Å². The van der Waals surface area contributed by atoms with Gasteiger partial charge in [0.2, 0.25) is 0 Å². The van der Waals surface area contributed by atoms with E-state index in [4.69, 9.17) is 0 Å². The highest BCUT2D eigenvalue weighted by Gasteiger charge is 2.24. The minimum Gasteiger partial charge on any atom is -0.230 e. The molecule has 0 N–H and O–H groups in total. The summed E-state index contributed by atoms with van der Waals surface area (Å²) in [4.78, 5) is 0. The van der Waals surface area contributed by atoms with Crippen molar-refractivity contribution in [3.05, 3.63) is 30.1 Å². The fraction of sp³-hybridized carbons (Fsp3) is 0.417. The molecule has 0 fully saturated rings. The molecule has 14 heavy (non-hydrogen) atoms. The molecule has 0 amide bonds. The number of fused-ring (bicyclic) bond motifs is 3. The van der Waals surface area contributed by atoms with Crippen LogP contribution in [-0.2, 0) is 20.0 Å². The van der Waals surface area contributed by atoms with Crippen molar-refractivity contribution in [2.75, 3.05) is 0 Å². The van der Waals surface area contributed by atoms with Crippen molar-refractivity contribution in [1.29, 1.82) is 0 Å². The third kappa shape index (κ3) is 0.939. The van der Waals surface area contributed by atoms with Crippen molar-refractivity contribution in [3.63, 3.8) is 0 Å². The lowest BCUT2D eigenvalue weighted by Crippen LogP contribution is -2.34. The minimum absolute atomic E-state index is 1.19. The molecule has 2 heterocycles. The topological polar surface area (TPSA) is 8.81 Å². The molecule has 0 radical (unpaired) electrons. The Balaban J connectivity index is 2.41. The van der Waals surface area contributed by atoms with Crippen LogP contribution >= 0.6 is 0 Å². The van der Waals surface area contributed by atoms with Gasteiger partial charge < -0.3 is 0 Å². The molecule has 0 aliphatic carbocycles. The van der Waals surface area contributed by atoms with Crippen LogP contribution in [0.1, 0.15) is 18.7 Å². The van der Waals surface area contributed by atoms with Gasteiger partial charge in [-0.3, -0.25) is 0 Å². The average molecular weight is 187 g/mol. The van der Waals surface area contributed by atoms with Gasteiger partial charge in [0.25, 0.3) is 5.82 Å². The van der Waals surface area contributed by atoms with Gasteiger partial charge in [0.1, 0.15) is 0 Å². The Morgan fingerprint density at radius 2 is 2.07 bits per heavy atom. The largest absolute Gasteiger partial charge is 0.257 e. The molecule has 0 bridgehead atoms. The first-order chi connectivity index (χ1) is 6.88. The second-order valence-corrected chi connectivity index (χ2v) is 4.07. The third-order valence-corrected chi connectivity index (χ3v) is 3.26. The summed E-state index contributed by atoms with van der Waals surface area (Å²) >= 11 is 0. The van der Waals surface area contributed by atoms with Gasteiger partial charge in [0.05, 0.1) is 13.6 Å². The molecule has 0 saturated heterocycles. The summed E-state index contributed by atoms with van der Waals surface area (Å²) in [5.74, 6) is 1.48. The summed E-state index contributed by atoms with van der Waals surface area (Å²) in [6.07, 6.45) is 3.89. The molecule has 1 aromatic heterocycles. The smallest absolute Gasteiger partial charge is 0.230 e. The fourth-order valence-corrected chi connectivity index (χ4v) is 2.54. The number of imidazole rings is 1. The first kappa shape index (κ1) is 8.04. The summed E-state index contributed by atoms with van der Waals surface area (Å²) in [5.41, 5.74) is 2.76. The number of aryl methyl sites for hydroxylation is 2. The summed E-state index contributed by atoms with van der Waals surface area (Å²) < 4.78 is 4.81. The lowest BCUT2D eigenvalue weighted by Gasteiger charge is -2.08. The van der Waals surface area contributed by atoms with Gasteiger partial charge in [-0.05, 0) is 25.0 Å². The van der Waals surface area contributed by atoms with Crippen molar-refractivity contribution in [2.45, 2.75) is 25.8 Å². The van der Waals surface area contributed by atoms with E-state index in [9.17, 15) is 0 Å². The number of hydrogen-bond donors (Lipinski definition) is 0. The lowest BCUT2D eigenvalue weighted by atomic mass is 10.1. The number of nitrogens with zero attached hydrogens (tertiary/aromatic N) is 2. The van der Waals surface area contributed by atoms with E-state index >= 15 is 0 Å². The standard InChI is InChI=1S/C12H15N2/c1-13-10-6-2-3-7-11(10)14-9-5-4-8-12(13)14/h2-3,6-7H,4-5,8-9H2,1H3/q+1. The van der Waals surface area contributed by atoms with Crippen LogP contribution < -0.4 is 4.57 Å². The second kappa shape index (κ2) is 2.84. The molecule has 3 rings (SSSR count). The van der Waals surface area contributed by atoms with E-state index in [2.05, 4.69) is 40.4 Å². The van der Waals surface area contributed by atoms with Crippen LogP contribution in [0.4, 0.5) is 0 Å². The van der Waals surface area contributed by atoms with Crippen molar-refractivity contribution in [1.82, 2.24) is 4.57 Å². The van der Waals surface area contributed by atoms with Crippen LogP contribution in [-0.4, -0.2) is 4.57 Å². The summed E-state index contributed by atoms with van der Waals surface area (Å²) in [5, 5.41) is 0. The average Bonchev–Trinajstić information content (AvgIpc) is 2.55. The SMILES string of the molecule is C[n+]1c2n(c3ccccc31)CCCC2. The molecule has 1 aliphatic rings. The Kier molecular flexibility index (Phi) is 1.63. The summed E-state index contributed by atoms with van der Waals surface area (Å²) in [6, 6.07) is 8.68. The Hall–Kier alpha value is -1.31. The molecule has 0 atom stereocenters. The van der Waals surface area contributed by atoms with Crippen LogP contribution in [0, 0.1) is 0 Å². The molecule has 2 heteroatoms. The number of benzene rings is 1. The Labute approximate surface area is 83.8 Å². The van der Waals surface area contributed by atoms with E-state index in [1.807, 2.05) is 0 Å². The van der Waals surface area contributed by atoms with Crippen molar-refractivity contribution in [2.24, 2.45) is 7.05 Å². The van der Waals surface area contributed by atoms with E-state index in [1.165, 1.54) is 42.7 Å². The van der Waals surface area contributed by atoms with E-state index in [1.54, 1.807) is 0 Å². The maximum absolute atomic E-state index is 2.47. The minimum atomic E-state index is 1.19. The third-order valence-electron chi connectivity index (χ3n) is 3.26.